The number of nitrogens with zero attached hydrogens (tertiary/aromatic N) is 6. The summed E-state index contributed by atoms with van der Waals surface area (Å²) in [5.74, 6) is -1.31. The molecule has 10 nitrogen and oxygen atoms in total. The van der Waals surface area contributed by atoms with Gasteiger partial charge in [0.1, 0.15) is 10.0 Å². The molecular formula is C28H32ClF3N6O4S. The molecular weight excluding hydrogens is 609 g/mol. The van der Waals surface area contributed by atoms with Gasteiger partial charge in [-0.05, 0) is 57.9 Å². The molecule has 0 bridgehead atoms. The molecule has 0 N–H and O–H groups in total. The maximum absolute atomic E-state index is 13.4. The number of aryl methyl sites for hydroxylation is 2. The highest BCUT2D eigenvalue weighted by Gasteiger charge is 2.39. The number of nitriles is 1. The number of rotatable bonds is 10. The summed E-state index contributed by atoms with van der Waals surface area (Å²) in [7, 11) is -2.15. The molecule has 2 aliphatic heterocycles. The summed E-state index contributed by atoms with van der Waals surface area (Å²) in [4.78, 5) is 28.8. The summed E-state index contributed by atoms with van der Waals surface area (Å²) < 4.78 is 69.2. The quantitative estimate of drug-likeness (QED) is 0.279. The third-order valence-corrected chi connectivity index (χ3v) is 10.4. The van der Waals surface area contributed by atoms with E-state index in [-0.39, 0.29) is 26.9 Å². The Labute approximate surface area is 253 Å². The van der Waals surface area contributed by atoms with Crippen molar-refractivity contribution in [3.8, 4) is 6.07 Å². The molecule has 15 heteroatoms. The van der Waals surface area contributed by atoms with Gasteiger partial charge >= 0.3 is 6.18 Å². The zero-order valence-corrected chi connectivity index (χ0v) is 25.6. The van der Waals surface area contributed by atoms with E-state index in [4.69, 9.17) is 16.9 Å². The van der Waals surface area contributed by atoms with E-state index in [2.05, 4.69) is 10.00 Å². The zero-order valence-electron chi connectivity index (χ0n) is 24.0. The number of carbonyl (C=O) groups is 2. The van der Waals surface area contributed by atoms with Gasteiger partial charge in [0, 0.05) is 44.4 Å². The van der Waals surface area contributed by atoms with Crippen LogP contribution in [0.4, 0.5) is 18.9 Å². The van der Waals surface area contributed by atoms with Crippen LogP contribution in [0, 0.1) is 18.3 Å². The molecule has 2 amide bonds. The van der Waals surface area contributed by atoms with Crippen LogP contribution < -0.4 is 4.90 Å². The Morgan fingerprint density at radius 3 is 2.26 bits per heavy atom. The minimum atomic E-state index is -4.81. The zero-order chi connectivity index (χ0) is 31.7. The second-order valence-electron chi connectivity index (χ2n) is 10.6. The van der Waals surface area contributed by atoms with Gasteiger partial charge in [0.15, 0.2) is 0 Å². The molecule has 3 heterocycles. The van der Waals surface area contributed by atoms with E-state index >= 15 is 0 Å². The van der Waals surface area contributed by atoms with E-state index in [1.165, 1.54) is 28.0 Å². The van der Waals surface area contributed by atoms with E-state index < -0.39 is 39.1 Å². The first-order valence-electron chi connectivity index (χ1n) is 13.8. The summed E-state index contributed by atoms with van der Waals surface area (Å²) in [6.07, 6.45) is -1.37. The van der Waals surface area contributed by atoms with Crippen LogP contribution in [0.1, 0.15) is 55.8 Å². The van der Waals surface area contributed by atoms with Gasteiger partial charge in [-0.3, -0.25) is 14.3 Å². The molecule has 0 aliphatic carbocycles. The van der Waals surface area contributed by atoms with Gasteiger partial charge in [0.2, 0.25) is 10.0 Å². The number of piperazine rings is 1. The van der Waals surface area contributed by atoms with Crippen molar-refractivity contribution in [3.63, 3.8) is 0 Å². The van der Waals surface area contributed by atoms with Crippen molar-refractivity contribution in [3.05, 3.63) is 51.3 Å². The molecule has 0 radical (unpaired) electrons. The molecule has 2 aliphatic rings. The minimum Gasteiger partial charge on any atom is -0.301 e. The predicted molar refractivity (Wildman–Crippen MR) is 153 cm³/mol. The number of carbonyl (C=O) groups excluding carboxylic acids is 2. The number of imide groups is 1. The van der Waals surface area contributed by atoms with Crippen LogP contribution >= 0.6 is 11.6 Å². The van der Waals surface area contributed by atoms with Crippen LogP contribution in [0.15, 0.2) is 34.2 Å². The molecule has 2 aromatic rings. The second-order valence-corrected chi connectivity index (χ2v) is 12.9. The molecule has 1 fully saturated rings. The third-order valence-electron chi connectivity index (χ3n) is 7.81. The van der Waals surface area contributed by atoms with Crippen LogP contribution in [0.2, 0.25) is 5.15 Å². The Morgan fingerprint density at radius 2 is 1.67 bits per heavy atom. The number of hydrogen-bond donors (Lipinski definition) is 0. The summed E-state index contributed by atoms with van der Waals surface area (Å²) in [5.41, 5.74) is -1.15. The van der Waals surface area contributed by atoms with E-state index in [0.717, 1.165) is 36.8 Å². The normalized spacial score (nSPS) is 17.3. The number of alkyl halides is 3. The fourth-order valence-corrected chi connectivity index (χ4v) is 7.56. The highest BCUT2D eigenvalue weighted by Crippen LogP contribution is 2.37. The van der Waals surface area contributed by atoms with E-state index in [1.807, 2.05) is 0 Å². The molecule has 43 heavy (non-hydrogen) atoms. The number of benzene rings is 1. The number of aromatic nitrogens is 2. The largest absolute Gasteiger partial charge is 0.417 e. The van der Waals surface area contributed by atoms with Gasteiger partial charge < -0.3 is 4.90 Å². The van der Waals surface area contributed by atoms with Crippen LogP contribution in [0.3, 0.4) is 0 Å². The number of hydrogen-bond acceptors (Lipinski definition) is 7. The molecule has 0 spiro atoms. The van der Waals surface area contributed by atoms with E-state index in [0.29, 0.717) is 50.8 Å². The van der Waals surface area contributed by atoms with Crippen LogP contribution in [0.5, 0.6) is 0 Å². The topological polar surface area (TPSA) is 120 Å². The molecule has 1 saturated heterocycles. The molecule has 0 saturated carbocycles. The van der Waals surface area contributed by atoms with Crippen molar-refractivity contribution in [1.82, 2.24) is 19.0 Å². The van der Waals surface area contributed by atoms with Crippen LogP contribution in [0.25, 0.3) is 0 Å². The first-order chi connectivity index (χ1) is 20.2. The lowest BCUT2D eigenvalue weighted by atomic mass is 10.0. The fourth-order valence-electron chi connectivity index (χ4n) is 5.43. The van der Waals surface area contributed by atoms with Crippen molar-refractivity contribution in [2.24, 2.45) is 7.05 Å². The van der Waals surface area contributed by atoms with Gasteiger partial charge in [-0.15, -0.1) is 0 Å². The Bertz CT molecular complexity index is 1600. The van der Waals surface area contributed by atoms with Gasteiger partial charge in [0.05, 0.1) is 28.6 Å². The molecule has 232 valence electrons. The number of sulfonamides is 1. The second kappa shape index (κ2) is 12.8. The van der Waals surface area contributed by atoms with Gasteiger partial charge in [-0.2, -0.15) is 27.8 Å². The first-order valence-corrected chi connectivity index (χ1v) is 15.6. The standard InChI is InChI=1S/C28H32ClF3N6O4S/c1-18-22(27(40)38(26(18)39)21-10-9-20(17-33)23(16-21)28(30,31)32)8-6-4-5-7-11-36-12-14-37(15-13-36)43(41,42)24-19(2)34-35(3)25(24)29/h9-10,16H,4-8,11-15H2,1-3H3. The lowest BCUT2D eigenvalue weighted by Gasteiger charge is -2.33. The predicted octanol–water partition coefficient (Wildman–Crippen LogP) is 4.42. The Balaban J connectivity index is 1.23. The average molecular weight is 641 g/mol. The summed E-state index contributed by atoms with van der Waals surface area (Å²) >= 11 is 6.18. The van der Waals surface area contributed by atoms with E-state index in [9.17, 15) is 31.2 Å². The highest BCUT2D eigenvalue weighted by molar-refractivity contribution is 7.89. The van der Waals surface area contributed by atoms with E-state index in [1.54, 1.807) is 14.0 Å². The van der Waals surface area contributed by atoms with Gasteiger partial charge in [0.25, 0.3) is 11.8 Å². The van der Waals surface area contributed by atoms with Crippen LogP contribution in [-0.2, 0) is 32.8 Å². The molecule has 0 unspecified atom stereocenters. The fraction of sp³-hybridized carbons (Fsp3) is 0.500. The first kappa shape index (κ1) is 32.7. The summed E-state index contributed by atoms with van der Waals surface area (Å²) in [6.45, 7) is 5.75. The molecule has 1 aromatic carbocycles. The van der Waals surface area contributed by atoms with Crippen molar-refractivity contribution in [2.45, 2.75) is 57.0 Å². The Hall–Kier alpha value is -3.25. The number of amides is 2. The third kappa shape index (κ3) is 6.64. The number of unbranched alkanes of at least 4 members (excludes halogenated alkanes) is 3. The van der Waals surface area contributed by atoms with Gasteiger partial charge in [-0.1, -0.05) is 24.4 Å². The van der Waals surface area contributed by atoms with Crippen molar-refractivity contribution in [2.75, 3.05) is 37.6 Å². The monoisotopic (exact) mass is 640 g/mol. The lowest BCUT2D eigenvalue weighted by molar-refractivity contribution is -0.138. The van der Waals surface area contributed by atoms with Crippen molar-refractivity contribution >= 4 is 39.1 Å². The summed E-state index contributed by atoms with van der Waals surface area (Å²) in [5, 5.41) is 13.2. The van der Waals surface area contributed by atoms with Gasteiger partial charge in [-0.25, -0.2) is 13.3 Å². The maximum Gasteiger partial charge on any atom is 0.417 e. The Kier molecular flexibility index (Phi) is 9.70. The van der Waals surface area contributed by atoms with Crippen LogP contribution in [-0.4, -0.2) is 71.9 Å². The highest BCUT2D eigenvalue weighted by atomic mass is 35.5. The van der Waals surface area contributed by atoms with Crippen molar-refractivity contribution < 1.29 is 31.2 Å². The maximum atomic E-state index is 13.4. The molecule has 0 atom stereocenters. The number of anilines is 1. The summed E-state index contributed by atoms with van der Waals surface area (Å²) in [6, 6.07) is 4.28. The molecule has 4 rings (SSSR count). The SMILES string of the molecule is CC1=C(CCCCCCN2CCN(S(=O)(=O)c3c(C)nn(C)c3Cl)CC2)C(=O)N(c2ccc(C#N)c(C(F)(F)F)c2)C1=O. The minimum absolute atomic E-state index is 0.0454. The smallest absolute Gasteiger partial charge is 0.301 e. The Morgan fingerprint density at radius 1 is 1.02 bits per heavy atom. The van der Waals surface area contributed by atoms with Crippen molar-refractivity contribution in [1.29, 1.82) is 5.26 Å². The number of halogens is 4. The average Bonchev–Trinajstić information content (AvgIpc) is 3.34. The molecule has 1 aromatic heterocycles. The lowest BCUT2D eigenvalue weighted by Crippen LogP contribution is -2.48.